The van der Waals surface area contributed by atoms with Crippen LogP contribution in [0.3, 0.4) is 0 Å². The minimum absolute atomic E-state index is 0.107. The third-order valence-electron chi connectivity index (χ3n) is 3.53. The van der Waals surface area contributed by atoms with E-state index in [4.69, 9.17) is 0 Å². The molecule has 3 rings (SSSR count). The van der Waals surface area contributed by atoms with Gasteiger partial charge in [0.05, 0.1) is 6.20 Å². The highest BCUT2D eigenvalue weighted by Gasteiger charge is 2.22. The molecule has 21 heavy (non-hydrogen) atoms. The monoisotopic (exact) mass is 283 g/mol. The van der Waals surface area contributed by atoms with Crippen molar-refractivity contribution in [3.05, 3.63) is 48.7 Å². The average molecular weight is 283 g/mol. The van der Waals surface area contributed by atoms with Gasteiger partial charge in [0, 0.05) is 37.7 Å². The summed E-state index contributed by atoms with van der Waals surface area (Å²) in [5, 5.41) is 3.02. The maximum absolute atomic E-state index is 12.1. The molecule has 1 aliphatic rings. The van der Waals surface area contributed by atoms with Crippen LogP contribution in [0.2, 0.25) is 0 Å². The maximum Gasteiger partial charge on any atom is 0.271 e. The Morgan fingerprint density at radius 3 is 2.95 bits per heavy atom. The highest BCUT2D eigenvalue weighted by Crippen LogP contribution is 2.17. The molecule has 2 aromatic heterocycles. The van der Waals surface area contributed by atoms with Crippen LogP contribution in [0.1, 0.15) is 23.3 Å². The van der Waals surface area contributed by atoms with Crippen LogP contribution in [0.25, 0.3) is 0 Å². The van der Waals surface area contributed by atoms with Crippen molar-refractivity contribution < 1.29 is 4.79 Å². The fourth-order valence-corrected chi connectivity index (χ4v) is 2.52. The van der Waals surface area contributed by atoms with Gasteiger partial charge in [-0.3, -0.25) is 9.78 Å². The predicted octanol–water partition coefficient (Wildman–Crippen LogP) is 1.27. The molecule has 1 atom stereocenters. The molecule has 1 amide bonds. The largest absolute Gasteiger partial charge is 0.355 e. The number of amides is 1. The zero-order valence-corrected chi connectivity index (χ0v) is 11.6. The Labute approximate surface area is 123 Å². The van der Waals surface area contributed by atoms with Gasteiger partial charge in [-0.15, -0.1) is 0 Å². The predicted molar refractivity (Wildman–Crippen MR) is 79.0 cm³/mol. The molecule has 0 aliphatic carbocycles. The second-order valence-electron chi connectivity index (χ2n) is 5.04. The van der Waals surface area contributed by atoms with Crippen molar-refractivity contribution in [3.8, 4) is 0 Å². The van der Waals surface area contributed by atoms with Crippen molar-refractivity contribution in [3.63, 3.8) is 0 Å². The molecule has 1 fully saturated rings. The molecule has 2 aromatic rings. The summed E-state index contributed by atoms with van der Waals surface area (Å²) in [7, 11) is 0. The molecule has 1 saturated heterocycles. The maximum atomic E-state index is 12.1. The minimum Gasteiger partial charge on any atom is -0.355 e. The molecule has 0 spiro atoms. The van der Waals surface area contributed by atoms with E-state index in [0.29, 0.717) is 5.69 Å². The molecule has 0 aromatic carbocycles. The first-order valence-corrected chi connectivity index (χ1v) is 7.06. The van der Waals surface area contributed by atoms with Gasteiger partial charge in [0.1, 0.15) is 11.5 Å². The summed E-state index contributed by atoms with van der Waals surface area (Å²) in [4.78, 5) is 26.6. The Hall–Kier alpha value is -2.50. The molecule has 0 radical (unpaired) electrons. The second-order valence-corrected chi connectivity index (χ2v) is 5.04. The van der Waals surface area contributed by atoms with Crippen LogP contribution in [0, 0.1) is 0 Å². The Balaban J connectivity index is 1.63. The molecule has 3 heterocycles. The standard InChI is InChI=1S/C15H17N5O/c21-15(13-10-16-7-8-17-13)19-12-4-3-9-20(11-12)14-5-1-2-6-18-14/h1-2,5-8,10,12H,3-4,9,11H2,(H,19,21)/t12-/m1/s1. The summed E-state index contributed by atoms with van der Waals surface area (Å²) < 4.78 is 0. The smallest absolute Gasteiger partial charge is 0.271 e. The van der Waals surface area contributed by atoms with Crippen LogP contribution < -0.4 is 10.2 Å². The molecule has 0 saturated carbocycles. The zero-order chi connectivity index (χ0) is 14.5. The van der Waals surface area contributed by atoms with Crippen molar-refractivity contribution in [1.82, 2.24) is 20.3 Å². The van der Waals surface area contributed by atoms with Crippen LogP contribution >= 0.6 is 0 Å². The Kier molecular flexibility index (Phi) is 4.04. The summed E-state index contributed by atoms with van der Waals surface area (Å²) in [5.74, 6) is 0.784. The Morgan fingerprint density at radius 1 is 1.24 bits per heavy atom. The second kappa shape index (κ2) is 6.30. The van der Waals surface area contributed by atoms with E-state index in [1.54, 1.807) is 12.4 Å². The third kappa shape index (κ3) is 3.34. The van der Waals surface area contributed by atoms with E-state index in [1.165, 1.54) is 12.4 Å². The van der Waals surface area contributed by atoms with Gasteiger partial charge in [-0.05, 0) is 25.0 Å². The van der Waals surface area contributed by atoms with Crippen LogP contribution in [-0.2, 0) is 0 Å². The quantitative estimate of drug-likeness (QED) is 0.918. The Bertz CT molecular complexity index is 590. The van der Waals surface area contributed by atoms with Crippen LogP contribution in [0.4, 0.5) is 5.82 Å². The van der Waals surface area contributed by atoms with Gasteiger partial charge in [0.25, 0.3) is 5.91 Å². The van der Waals surface area contributed by atoms with Gasteiger partial charge in [0.15, 0.2) is 0 Å². The first-order chi connectivity index (χ1) is 10.3. The van der Waals surface area contributed by atoms with Gasteiger partial charge >= 0.3 is 0 Å². The van der Waals surface area contributed by atoms with Gasteiger partial charge in [-0.2, -0.15) is 0 Å². The summed E-state index contributed by atoms with van der Waals surface area (Å²) in [6.45, 7) is 1.73. The molecule has 6 heteroatoms. The van der Waals surface area contributed by atoms with E-state index in [0.717, 1.165) is 31.7 Å². The third-order valence-corrected chi connectivity index (χ3v) is 3.53. The van der Waals surface area contributed by atoms with Gasteiger partial charge in [-0.25, -0.2) is 9.97 Å². The van der Waals surface area contributed by atoms with Crippen molar-refractivity contribution in [2.24, 2.45) is 0 Å². The Morgan fingerprint density at radius 2 is 2.19 bits per heavy atom. The van der Waals surface area contributed by atoms with Crippen LogP contribution in [0.5, 0.6) is 0 Å². The van der Waals surface area contributed by atoms with E-state index in [2.05, 4.69) is 25.2 Å². The molecule has 6 nitrogen and oxygen atoms in total. The number of rotatable bonds is 3. The van der Waals surface area contributed by atoms with Crippen molar-refractivity contribution in [2.45, 2.75) is 18.9 Å². The number of carbonyl (C=O) groups excluding carboxylic acids is 1. The number of carbonyl (C=O) groups is 1. The number of nitrogens with one attached hydrogen (secondary N) is 1. The highest BCUT2D eigenvalue weighted by molar-refractivity contribution is 5.92. The van der Waals surface area contributed by atoms with Crippen molar-refractivity contribution in [2.75, 3.05) is 18.0 Å². The fourth-order valence-electron chi connectivity index (χ4n) is 2.52. The van der Waals surface area contributed by atoms with E-state index in [-0.39, 0.29) is 11.9 Å². The van der Waals surface area contributed by atoms with Crippen molar-refractivity contribution in [1.29, 1.82) is 0 Å². The summed E-state index contributed by atoms with van der Waals surface area (Å²) >= 11 is 0. The number of aromatic nitrogens is 3. The SMILES string of the molecule is O=C(N[C@@H]1CCCN(c2ccccn2)C1)c1cnccn1. The number of hydrogen-bond donors (Lipinski definition) is 1. The first kappa shape index (κ1) is 13.5. The number of pyridine rings is 1. The normalized spacial score (nSPS) is 18.3. The fraction of sp³-hybridized carbons (Fsp3) is 0.333. The summed E-state index contributed by atoms with van der Waals surface area (Å²) in [6.07, 6.45) is 8.35. The molecule has 0 unspecified atom stereocenters. The molecule has 1 N–H and O–H groups in total. The first-order valence-electron chi connectivity index (χ1n) is 7.06. The molecule has 1 aliphatic heterocycles. The number of nitrogens with zero attached hydrogens (tertiary/aromatic N) is 4. The molecule has 108 valence electrons. The van der Waals surface area contributed by atoms with E-state index in [9.17, 15) is 4.79 Å². The van der Waals surface area contributed by atoms with E-state index < -0.39 is 0 Å². The lowest BCUT2D eigenvalue weighted by molar-refractivity contribution is 0.0927. The van der Waals surface area contributed by atoms with Gasteiger partial charge in [-0.1, -0.05) is 6.07 Å². The van der Waals surface area contributed by atoms with Gasteiger partial charge < -0.3 is 10.2 Å². The summed E-state index contributed by atoms with van der Waals surface area (Å²) in [6, 6.07) is 5.98. The lowest BCUT2D eigenvalue weighted by atomic mass is 10.1. The topological polar surface area (TPSA) is 71.0 Å². The summed E-state index contributed by atoms with van der Waals surface area (Å²) in [5.41, 5.74) is 0.354. The van der Waals surface area contributed by atoms with Gasteiger partial charge in [0.2, 0.25) is 0 Å². The van der Waals surface area contributed by atoms with E-state index >= 15 is 0 Å². The lowest BCUT2D eigenvalue weighted by Crippen LogP contribution is -2.48. The number of piperidine rings is 1. The molecular weight excluding hydrogens is 266 g/mol. The minimum atomic E-state index is -0.170. The molecule has 0 bridgehead atoms. The number of anilines is 1. The van der Waals surface area contributed by atoms with Crippen LogP contribution in [0.15, 0.2) is 43.0 Å². The highest BCUT2D eigenvalue weighted by atomic mass is 16.1. The average Bonchev–Trinajstić information content (AvgIpc) is 2.57. The lowest BCUT2D eigenvalue weighted by Gasteiger charge is -2.33. The zero-order valence-electron chi connectivity index (χ0n) is 11.6. The van der Waals surface area contributed by atoms with Crippen molar-refractivity contribution >= 4 is 11.7 Å². The number of hydrogen-bond acceptors (Lipinski definition) is 5. The van der Waals surface area contributed by atoms with E-state index in [1.807, 2.05) is 18.2 Å². The van der Waals surface area contributed by atoms with Crippen LogP contribution in [-0.4, -0.2) is 40.0 Å². The molecular formula is C15H17N5O.